The van der Waals surface area contributed by atoms with Crippen molar-refractivity contribution in [1.29, 1.82) is 0 Å². The predicted molar refractivity (Wildman–Crippen MR) is 48.6 cm³/mol. The van der Waals surface area contributed by atoms with E-state index in [9.17, 15) is 18.7 Å². The zero-order chi connectivity index (χ0) is 11.5. The number of carbonyl (C=O) groups is 1. The minimum Gasteiger partial charge on any atom is -0.507 e. The number of alkyl halides is 2. The zero-order valence-electron chi connectivity index (χ0n) is 8.04. The Hall–Kier alpha value is -1.65. The average Bonchev–Trinajstić information content (AvgIpc) is 2.18. The Morgan fingerprint density at radius 1 is 1.47 bits per heavy atom. The molecule has 0 fully saturated rings. The molecular weight excluding hydrogens is 206 g/mol. The summed E-state index contributed by atoms with van der Waals surface area (Å²) in [7, 11) is 0. The van der Waals surface area contributed by atoms with Crippen LogP contribution in [0.3, 0.4) is 0 Å². The molecule has 82 valence electrons. The smallest absolute Gasteiger partial charge is 0.382 e. The van der Waals surface area contributed by atoms with E-state index in [2.05, 4.69) is 4.74 Å². The van der Waals surface area contributed by atoms with Crippen LogP contribution in [0.15, 0.2) is 24.3 Å². The molecule has 5 heteroatoms. The van der Waals surface area contributed by atoms with Crippen LogP contribution in [0.25, 0.3) is 0 Å². The first-order valence-corrected chi connectivity index (χ1v) is 4.33. The van der Waals surface area contributed by atoms with E-state index >= 15 is 0 Å². The first-order valence-electron chi connectivity index (χ1n) is 4.33. The van der Waals surface area contributed by atoms with Crippen molar-refractivity contribution in [2.45, 2.75) is 12.8 Å². The van der Waals surface area contributed by atoms with Crippen molar-refractivity contribution >= 4 is 5.97 Å². The van der Waals surface area contributed by atoms with Crippen molar-refractivity contribution in [3.8, 4) is 5.75 Å². The lowest BCUT2D eigenvalue weighted by Crippen LogP contribution is -2.28. The number of phenolic OH excluding ortho intramolecular Hbond substituents is 1. The summed E-state index contributed by atoms with van der Waals surface area (Å²) in [4.78, 5) is 10.9. The number of hydrogen-bond donors (Lipinski definition) is 1. The molecular formula is C10H10F2O3. The van der Waals surface area contributed by atoms with Gasteiger partial charge in [0.05, 0.1) is 12.2 Å². The maximum Gasteiger partial charge on any atom is 0.382 e. The van der Waals surface area contributed by atoms with Gasteiger partial charge in [-0.1, -0.05) is 12.1 Å². The summed E-state index contributed by atoms with van der Waals surface area (Å²) in [6.45, 7) is 1.29. The van der Waals surface area contributed by atoms with Gasteiger partial charge in [-0.25, -0.2) is 4.79 Å². The van der Waals surface area contributed by atoms with Crippen molar-refractivity contribution in [2.75, 3.05) is 6.61 Å². The first-order chi connectivity index (χ1) is 7.00. The molecule has 0 atom stereocenters. The Labute approximate surface area is 85.3 Å². The van der Waals surface area contributed by atoms with E-state index in [1.807, 2.05) is 0 Å². The molecule has 15 heavy (non-hydrogen) atoms. The Morgan fingerprint density at radius 3 is 2.60 bits per heavy atom. The molecule has 0 aliphatic rings. The van der Waals surface area contributed by atoms with E-state index in [4.69, 9.17) is 0 Å². The highest BCUT2D eigenvalue weighted by Gasteiger charge is 2.44. The number of carbonyl (C=O) groups excluding carboxylic acids is 1. The number of esters is 1. The number of phenols is 1. The van der Waals surface area contributed by atoms with Gasteiger partial charge in [-0.05, 0) is 19.1 Å². The van der Waals surface area contributed by atoms with Crippen molar-refractivity contribution in [3.05, 3.63) is 29.8 Å². The lowest BCUT2D eigenvalue weighted by Gasteiger charge is -2.15. The second kappa shape index (κ2) is 4.25. The molecule has 1 N–H and O–H groups in total. The molecule has 1 aromatic rings. The molecule has 0 aromatic heterocycles. The molecule has 0 saturated carbocycles. The number of aromatic hydroxyl groups is 1. The van der Waals surface area contributed by atoms with Crippen LogP contribution in [0.1, 0.15) is 12.5 Å². The summed E-state index contributed by atoms with van der Waals surface area (Å²) in [5.74, 6) is -6.11. The van der Waals surface area contributed by atoms with E-state index < -0.39 is 23.2 Å². The molecule has 0 amide bonds. The summed E-state index contributed by atoms with van der Waals surface area (Å²) in [6.07, 6.45) is 0. The summed E-state index contributed by atoms with van der Waals surface area (Å²) in [5.41, 5.74) is -0.747. The lowest BCUT2D eigenvalue weighted by atomic mass is 10.1. The standard InChI is InChI=1S/C10H10F2O3/c1-2-15-9(14)10(11,12)7-5-3-4-6-8(7)13/h3-6,13H,2H2,1H3. The van der Waals surface area contributed by atoms with Gasteiger partial charge >= 0.3 is 11.9 Å². The third kappa shape index (κ3) is 2.23. The number of hydrogen-bond acceptors (Lipinski definition) is 3. The van der Waals surface area contributed by atoms with E-state index in [-0.39, 0.29) is 6.61 Å². The fourth-order valence-electron chi connectivity index (χ4n) is 1.07. The van der Waals surface area contributed by atoms with Gasteiger partial charge in [0.1, 0.15) is 5.75 Å². The minimum absolute atomic E-state index is 0.137. The summed E-state index contributed by atoms with van der Waals surface area (Å²) in [5, 5.41) is 9.18. The van der Waals surface area contributed by atoms with Gasteiger partial charge in [-0.3, -0.25) is 0 Å². The van der Waals surface area contributed by atoms with Gasteiger partial charge in [-0.15, -0.1) is 0 Å². The Morgan fingerprint density at radius 2 is 2.07 bits per heavy atom. The van der Waals surface area contributed by atoms with E-state index in [1.54, 1.807) is 0 Å². The Kier molecular flexibility index (Phi) is 3.24. The van der Waals surface area contributed by atoms with Crippen LogP contribution < -0.4 is 0 Å². The van der Waals surface area contributed by atoms with E-state index in [1.165, 1.54) is 19.1 Å². The SMILES string of the molecule is CCOC(=O)C(F)(F)c1ccccc1O. The molecule has 0 spiro atoms. The third-order valence-corrected chi connectivity index (χ3v) is 1.77. The van der Waals surface area contributed by atoms with Crippen LogP contribution in [0.2, 0.25) is 0 Å². The second-order valence-electron chi connectivity index (χ2n) is 2.81. The molecule has 1 aromatic carbocycles. The van der Waals surface area contributed by atoms with Crippen LogP contribution in [0.4, 0.5) is 8.78 Å². The van der Waals surface area contributed by atoms with E-state index in [0.29, 0.717) is 0 Å². The molecule has 1 rings (SSSR count). The van der Waals surface area contributed by atoms with Gasteiger partial charge in [0.2, 0.25) is 0 Å². The molecule has 3 nitrogen and oxygen atoms in total. The molecule has 0 aliphatic heterocycles. The van der Waals surface area contributed by atoms with Crippen molar-refractivity contribution in [3.63, 3.8) is 0 Å². The molecule has 0 saturated heterocycles. The number of ether oxygens (including phenoxy) is 1. The fourth-order valence-corrected chi connectivity index (χ4v) is 1.07. The lowest BCUT2D eigenvalue weighted by molar-refractivity contribution is -0.173. The summed E-state index contributed by atoms with van der Waals surface area (Å²) in [6, 6.07) is 4.76. The first kappa shape index (κ1) is 11.4. The molecule has 0 aliphatic carbocycles. The van der Waals surface area contributed by atoms with Crippen LogP contribution in [0.5, 0.6) is 5.75 Å². The largest absolute Gasteiger partial charge is 0.507 e. The van der Waals surface area contributed by atoms with Crippen molar-refractivity contribution in [2.24, 2.45) is 0 Å². The van der Waals surface area contributed by atoms with Gasteiger partial charge in [-0.2, -0.15) is 8.78 Å². The topological polar surface area (TPSA) is 46.5 Å². The van der Waals surface area contributed by atoms with Gasteiger partial charge in [0, 0.05) is 0 Å². The van der Waals surface area contributed by atoms with Gasteiger partial charge in [0.15, 0.2) is 0 Å². The van der Waals surface area contributed by atoms with Gasteiger partial charge in [0.25, 0.3) is 0 Å². The highest BCUT2D eigenvalue weighted by molar-refractivity contribution is 5.80. The second-order valence-corrected chi connectivity index (χ2v) is 2.81. The van der Waals surface area contributed by atoms with Crippen LogP contribution >= 0.6 is 0 Å². The molecule has 0 bridgehead atoms. The summed E-state index contributed by atoms with van der Waals surface area (Å²) >= 11 is 0. The quantitative estimate of drug-likeness (QED) is 0.786. The fraction of sp³-hybridized carbons (Fsp3) is 0.300. The van der Waals surface area contributed by atoms with Crippen molar-refractivity contribution in [1.82, 2.24) is 0 Å². The number of para-hydroxylation sites is 1. The number of rotatable bonds is 3. The summed E-state index contributed by atoms with van der Waals surface area (Å²) < 4.78 is 30.9. The molecule has 0 unspecified atom stereocenters. The Bertz CT molecular complexity index is 363. The zero-order valence-corrected chi connectivity index (χ0v) is 8.04. The number of halogens is 2. The molecule has 0 heterocycles. The minimum atomic E-state index is -3.82. The molecule has 0 radical (unpaired) electrons. The van der Waals surface area contributed by atoms with Crippen LogP contribution in [-0.4, -0.2) is 17.7 Å². The normalized spacial score (nSPS) is 11.1. The highest BCUT2D eigenvalue weighted by Crippen LogP contribution is 2.35. The van der Waals surface area contributed by atoms with E-state index in [0.717, 1.165) is 12.1 Å². The third-order valence-electron chi connectivity index (χ3n) is 1.77. The predicted octanol–water partition coefficient (Wildman–Crippen LogP) is 2.05. The van der Waals surface area contributed by atoms with Crippen LogP contribution in [-0.2, 0) is 15.5 Å². The maximum absolute atomic E-state index is 13.4. The average molecular weight is 216 g/mol. The van der Waals surface area contributed by atoms with Crippen molar-refractivity contribution < 1.29 is 23.4 Å². The maximum atomic E-state index is 13.4. The van der Waals surface area contributed by atoms with Gasteiger partial charge < -0.3 is 9.84 Å². The number of benzene rings is 1. The monoisotopic (exact) mass is 216 g/mol. The highest BCUT2D eigenvalue weighted by atomic mass is 19.3. The Balaban J connectivity index is 3.05. The van der Waals surface area contributed by atoms with Crippen LogP contribution in [0, 0.1) is 0 Å².